The second kappa shape index (κ2) is 5.68. The highest BCUT2D eigenvalue weighted by molar-refractivity contribution is 5.80. The summed E-state index contributed by atoms with van der Waals surface area (Å²) in [7, 11) is 0. The van der Waals surface area contributed by atoms with E-state index in [9.17, 15) is 9.59 Å². The Morgan fingerprint density at radius 1 is 1.35 bits per heavy atom. The van der Waals surface area contributed by atoms with E-state index in [2.05, 4.69) is 15.5 Å². The molecule has 1 aliphatic rings. The van der Waals surface area contributed by atoms with Crippen LogP contribution < -0.4 is 5.32 Å². The average Bonchev–Trinajstić information content (AvgIpc) is 3.14. The number of rotatable bonds is 6. The lowest BCUT2D eigenvalue weighted by Gasteiger charge is -2.15. The van der Waals surface area contributed by atoms with Gasteiger partial charge in [-0.05, 0) is 12.5 Å². The van der Waals surface area contributed by atoms with E-state index < -0.39 is 23.8 Å². The maximum atomic E-state index is 11.6. The number of aliphatic carboxylic acids is 1. The number of hydrogen-bond acceptors (Lipinski definition) is 5. The quantitative estimate of drug-likeness (QED) is 0.829. The second-order valence-corrected chi connectivity index (χ2v) is 4.72. The molecule has 0 bridgehead atoms. The first kappa shape index (κ1) is 14.0. The number of ether oxygens (including phenoxy) is 1. The molecule has 2 rings (SSSR count). The predicted octanol–water partition coefficient (Wildman–Crippen LogP) is 1.94. The number of carboxylic acids is 1. The van der Waals surface area contributed by atoms with Crippen molar-refractivity contribution >= 4 is 12.1 Å². The van der Waals surface area contributed by atoms with Crippen LogP contribution in [0, 0.1) is 0 Å². The van der Waals surface area contributed by atoms with Crippen LogP contribution in [0.3, 0.4) is 0 Å². The van der Waals surface area contributed by atoms with Crippen LogP contribution in [0.4, 0.5) is 4.79 Å². The number of amides is 1. The Hall–Kier alpha value is -2.44. The smallest absolute Gasteiger partial charge is 0.408 e. The summed E-state index contributed by atoms with van der Waals surface area (Å²) in [5, 5.41) is 18.8. The van der Waals surface area contributed by atoms with Gasteiger partial charge in [0.1, 0.15) is 12.6 Å². The molecule has 0 aromatic heterocycles. The number of nitrogens with zero attached hydrogens (tertiary/aromatic N) is 2. The Bertz CT molecular complexity index is 524. The number of benzene rings is 1. The molecule has 1 atom stereocenters. The van der Waals surface area contributed by atoms with E-state index in [1.807, 2.05) is 30.3 Å². The van der Waals surface area contributed by atoms with Crippen molar-refractivity contribution in [2.75, 3.05) is 0 Å². The molecule has 0 unspecified atom stereocenters. The standard InChI is InChI=1S/C13H15N3O4/c1-13(15-16-13)7-10(11(17)18)14-12(19)20-8-9-5-3-2-4-6-9/h2-6,10H,7-8H2,1H3,(H,14,19)(H,17,18)/t10-/m0/s1. The van der Waals surface area contributed by atoms with Gasteiger partial charge in [-0.3, -0.25) is 0 Å². The van der Waals surface area contributed by atoms with Gasteiger partial charge >= 0.3 is 12.1 Å². The minimum Gasteiger partial charge on any atom is -0.480 e. The number of carboxylic acid groups (broad SMARTS) is 1. The fourth-order valence-corrected chi connectivity index (χ4v) is 1.66. The molecule has 7 heteroatoms. The SMILES string of the molecule is CC1(C[C@H](NC(=O)OCc2ccccc2)C(=O)O)N=N1. The van der Waals surface area contributed by atoms with Crippen LogP contribution >= 0.6 is 0 Å². The predicted molar refractivity (Wildman–Crippen MR) is 69.1 cm³/mol. The number of hydrogen-bond donors (Lipinski definition) is 2. The van der Waals surface area contributed by atoms with Crippen molar-refractivity contribution < 1.29 is 19.4 Å². The minimum atomic E-state index is -1.14. The lowest BCUT2D eigenvalue weighted by molar-refractivity contribution is -0.139. The largest absolute Gasteiger partial charge is 0.480 e. The molecule has 0 saturated carbocycles. The van der Waals surface area contributed by atoms with Crippen LogP contribution in [0.15, 0.2) is 40.6 Å². The molecule has 1 aliphatic heterocycles. The van der Waals surface area contributed by atoms with Crippen LogP contribution in [0.25, 0.3) is 0 Å². The number of alkyl carbamates (subject to hydrolysis) is 1. The maximum Gasteiger partial charge on any atom is 0.408 e. The van der Waals surface area contributed by atoms with Crippen LogP contribution in [0.1, 0.15) is 18.9 Å². The lowest BCUT2D eigenvalue weighted by atomic mass is 10.1. The molecule has 2 N–H and O–H groups in total. The van der Waals surface area contributed by atoms with Gasteiger partial charge in [-0.2, -0.15) is 10.2 Å². The zero-order chi connectivity index (χ0) is 14.6. The fraction of sp³-hybridized carbons (Fsp3) is 0.385. The number of carbonyl (C=O) groups is 2. The fourth-order valence-electron chi connectivity index (χ4n) is 1.66. The minimum absolute atomic E-state index is 0.0883. The van der Waals surface area contributed by atoms with Crippen molar-refractivity contribution in [1.29, 1.82) is 0 Å². The molecule has 106 valence electrons. The molecule has 1 heterocycles. The molecule has 7 nitrogen and oxygen atoms in total. The van der Waals surface area contributed by atoms with Gasteiger partial charge in [-0.1, -0.05) is 30.3 Å². The summed E-state index contributed by atoms with van der Waals surface area (Å²) in [6.07, 6.45) is -0.659. The molecule has 1 aromatic rings. The second-order valence-electron chi connectivity index (χ2n) is 4.72. The first-order valence-corrected chi connectivity index (χ1v) is 6.13. The lowest BCUT2D eigenvalue weighted by Crippen LogP contribution is -2.43. The van der Waals surface area contributed by atoms with Crippen molar-refractivity contribution in [2.24, 2.45) is 10.2 Å². The Morgan fingerprint density at radius 2 is 2.00 bits per heavy atom. The van der Waals surface area contributed by atoms with Crippen LogP contribution in [-0.2, 0) is 16.1 Å². The van der Waals surface area contributed by atoms with Gasteiger partial charge in [0.25, 0.3) is 0 Å². The number of nitrogens with one attached hydrogen (secondary N) is 1. The van der Waals surface area contributed by atoms with E-state index in [4.69, 9.17) is 9.84 Å². The Morgan fingerprint density at radius 3 is 2.55 bits per heavy atom. The third-order valence-electron chi connectivity index (χ3n) is 2.84. The number of carbonyl (C=O) groups excluding carboxylic acids is 1. The molecule has 0 spiro atoms. The summed E-state index contributed by atoms with van der Waals surface area (Å²) < 4.78 is 4.97. The van der Waals surface area contributed by atoms with E-state index in [-0.39, 0.29) is 13.0 Å². The molecular formula is C13H15N3O4. The van der Waals surface area contributed by atoms with E-state index in [0.717, 1.165) is 5.56 Å². The molecule has 0 fully saturated rings. The van der Waals surface area contributed by atoms with Gasteiger partial charge in [-0.25, -0.2) is 9.59 Å². The van der Waals surface area contributed by atoms with Crippen LogP contribution in [0.2, 0.25) is 0 Å². The van der Waals surface area contributed by atoms with Crippen molar-refractivity contribution in [2.45, 2.75) is 31.7 Å². The molecule has 1 aromatic carbocycles. The zero-order valence-corrected chi connectivity index (χ0v) is 10.9. The van der Waals surface area contributed by atoms with Gasteiger partial charge in [0.2, 0.25) is 0 Å². The Balaban J connectivity index is 1.81. The molecular weight excluding hydrogens is 262 g/mol. The Kier molecular flexibility index (Phi) is 3.97. The van der Waals surface area contributed by atoms with Crippen molar-refractivity contribution in [3.05, 3.63) is 35.9 Å². The molecule has 0 saturated heterocycles. The van der Waals surface area contributed by atoms with E-state index in [0.29, 0.717) is 0 Å². The Labute approximate surface area is 115 Å². The molecule has 0 aliphatic carbocycles. The summed E-state index contributed by atoms with van der Waals surface area (Å²) >= 11 is 0. The van der Waals surface area contributed by atoms with Crippen molar-refractivity contribution in [3.8, 4) is 0 Å². The highest BCUT2D eigenvalue weighted by Crippen LogP contribution is 2.32. The first-order valence-electron chi connectivity index (χ1n) is 6.13. The molecule has 1 amide bonds. The van der Waals surface area contributed by atoms with E-state index >= 15 is 0 Å². The van der Waals surface area contributed by atoms with Crippen LogP contribution in [0.5, 0.6) is 0 Å². The highest BCUT2D eigenvalue weighted by atomic mass is 16.5. The molecule has 0 radical (unpaired) electrons. The van der Waals surface area contributed by atoms with Crippen molar-refractivity contribution in [3.63, 3.8) is 0 Å². The van der Waals surface area contributed by atoms with Gasteiger partial charge in [0, 0.05) is 6.42 Å². The average molecular weight is 277 g/mol. The van der Waals surface area contributed by atoms with E-state index in [1.165, 1.54) is 0 Å². The van der Waals surface area contributed by atoms with E-state index in [1.54, 1.807) is 6.92 Å². The van der Waals surface area contributed by atoms with Crippen molar-refractivity contribution in [1.82, 2.24) is 5.32 Å². The van der Waals surface area contributed by atoms with Crippen LogP contribution in [-0.4, -0.2) is 28.9 Å². The maximum absolute atomic E-state index is 11.6. The third-order valence-corrected chi connectivity index (χ3v) is 2.84. The third kappa shape index (κ3) is 4.04. The van der Waals surface area contributed by atoms with Gasteiger partial charge in [0.05, 0.1) is 0 Å². The van der Waals surface area contributed by atoms with Gasteiger partial charge < -0.3 is 15.2 Å². The topological polar surface area (TPSA) is 100 Å². The first-order chi connectivity index (χ1) is 9.48. The zero-order valence-electron chi connectivity index (χ0n) is 10.9. The summed E-state index contributed by atoms with van der Waals surface area (Å²) in [6, 6.07) is 8.06. The van der Waals surface area contributed by atoms with Gasteiger partial charge in [0.15, 0.2) is 5.66 Å². The normalized spacial score (nSPS) is 16.2. The summed E-state index contributed by atoms with van der Waals surface area (Å²) in [4.78, 5) is 22.6. The summed E-state index contributed by atoms with van der Waals surface area (Å²) in [5.74, 6) is -1.14. The highest BCUT2D eigenvalue weighted by Gasteiger charge is 2.39. The van der Waals surface area contributed by atoms with Gasteiger partial charge in [-0.15, -0.1) is 0 Å². The molecule has 20 heavy (non-hydrogen) atoms. The monoisotopic (exact) mass is 277 g/mol. The summed E-state index contributed by atoms with van der Waals surface area (Å²) in [5.41, 5.74) is 0.129. The summed E-state index contributed by atoms with van der Waals surface area (Å²) in [6.45, 7) is 1.78.